The van der Waals surface area contributed by atoms with Crippen LogP contribution >= 0.6 is 0 Å². The highest BCUT2D eigenvalue weighted by molar-refractivity contribution is 7.87. The Labute approximate surface area is 483 Å². The van der Waals surface area contributed by atoms with Crippen LogP contribution < -0.4 is 4.90 Å². The molecule has 4 aromatic rings. The number of aliphatic carboxylic acids is 1. The third-order valence-electron chi connectivity index (χ3n) is 14.1. The van der Waals surface area contributed by atoms with Crippen molar-refractivity contribution in [3.8, 4) is 0 Å². The van der Waals surface area contributed by atoms with Crippen molar-refractivity contribution >= 4 is 95.2 Å². The van der Waals surface area contributed by atoms with Crippen molar-refractivity contribution < 1.29 is 103 Å². The number of hydrogen-bond acceptors (Lipinski definition) is 18. The molecule has 1 atom stereocenters. The Kier molecular flexibility index (Phi) is 22.4. The molecule has 0 amide bonds. The first-order valence-electron chi connectivity index (χ1n) is 26.0. The molecule has 0 saturated heterocycles. The lowest BCUT2D eigenvalue weighted by Gasteiger charge is -2.31. The largest absolute Gasteiger partial charge is 0.744 e. The van der Waals surface area contributed by atoms with Crippen molar-refractivity contribution in [2.45, 2.75) is 89.7 Å². The molecule has 0 aromatic heterocycles. The number of unbranched alkanes of at least 4 members (excludes halogenated alkanes) is 2. The number of carboxylic acids is 1. The molecule has 2 aliphatic rings. The van der Waals surface area contributed by atoms with Gasteiger partial charge in [-0.05, 0) is 105 Å². The highest BCUT2D eigenvalue weighted by atomic mass is 32.2. The van der Waals surface area contributed by atoms with E-state index in [1.807, 2.05) is 23.3 Å². The first-order valence-corrected chi connectivity index (χ1v) is 33.4. The van der Waals surface area contributed by atoms with Crippen molar-refractivity contribution in [1.82, 2.24) is 0 Å². The summed E-state index contributed by atoms with van der Waals surface area (Å²) in [5, 5.41) is 9.14. The van der Waals surface area contributed by atoms with Gasteiger partial charge in [-0.3, -0.25) is 23.0 Å². The quantitative estimate of drug-likeness (QED) is 0.0150. The molecule has 456 valence electrons. The van der Waals surface area contributed by atoms with Crippen LogP contribution in [-0.2, 0) is 89.9 Å². The summed E-state index contributed by atoms with van der Waals surface area (Å²) in [7, 11) is -23.4. The smallest absolute Gasteiger partial charge is 0.303 e. The van der Waals surface area contributed by atoms with E-state index in [2.05, 4.69) is 0 Å². The lowest BCUT2D eigenvalue weighted by molar-refractivity contribution is -0.438. The van der Waals surface area contributed by atoms with E-state index in [0.29, 0.717) is 105 Å². The fraction of sp³-hybridized carbons (Fsp3) is 0.444. The minimum absolute atomic E-state index is 0.00775. The predicted molar refractivity (Wildman–Crippen MR) is 305 cm³/mol. The Morgan fingerprint density at radius 1 is 0.614 bits per heavy atom. The molecular weight excluding hydrogens is 1190 g/mol. The van der Waals surface area contributed by atoms with Crippen LogP contribution in [0.3, 0.4) is 0 Å². The molecule has 0 radical (unpaired) electrons. The SMILES string of the molecule is COCCOCCOCCOCCOCCN1C(=CC=CC=CC=CC2=[N+](CCCCCC(=O)O)c3ccc4c(S(=O)(=O)[O-])cc(S(=O)(=O)O)cc4c3C2(C)C)C(C)(CCCS(=O)(=O)O)c2c1ccc1c(S(=O)(=O)O)cc(S(=O)(=O)O)cc21. The second-order valence-corrected chi connectivity index (χ2v) is 27.3. The molecule has 83 heavy (non-hydrogen) atoms. The van der Waals surface area contributed by atoms with E-state index in [1.54, 1.807) is 68.7 Å². The number of ether oxygens (including phenoxy) is 5. The van der Waals surface area contributed by atoms with Gasteiger partial charge in [0, 0.05) is 71.8 Å². The Morgan fingerprint density at radius 2 is 1.14 bits per heavy atom. The maximum atomic E-state index is 12.8. The van der Waals surface area contributed by atoms with E-state index in [9.17, 15) is 74.8 Å². The number of carboxylic acid groups (broad SMARTS) is 1. The fourth-order valence-corrected chi connectivity index (χ4v) is 13.6. The van der Waals surface area contributed by atoms with Crippen molar-refractivity contribution in [2.75, 3.05) is 90.3 Å². The van der Waals surface area contributed by atoms with E-state index < -0.39 is 92.7 Å². The number of anilines is 1. The van der Waals surface area contributed by atoms with Crippen LogP contribution in [0.25, 0.3) is 21.5 Å². The number of hydrogen-bond donors (Lipinski definition) is 5. The molecule has 0 spiro atoms. The van der Waals surface area contributed by atoms with E-state index in [-0.39, 0.29) is 73.8 Å². The molecule has 0 bridgehead atoms. The number of rotatable bonds is 33. The summed E-state index contributed by atoms with van der Waals surface area (Å²) in [4.78, 5) is 9.78. The summed E-state index contributed by atoms with van der Waals surface area (Å²) < 4.78 is 207. The fourth-order valence-electron chi connectivity index (χ4n) is 10.5. The number of carbonyl (C=O) groups is 1. The molecule has 24 nitrogen and oxygen atoms in total. The van der Waals surface area contributed by atoms with Gasteiger partial charge in [-0.2, -0.15) is 38.2 Å². The van der Waals surface area contributed by atoms with Gasteiger partial charge in [0.2, 0.25) is 5.69 Å². The summed E-state index contributed by atoms with van der Waals surface area (Å²) in [6.07, 6.45) is 13.0. The first-order chi connectivity index (χ1) is 38.8. The highest BCUT2D eigenvalue weighted by Crippen LogP contribution is 2.54. The topological polar surface area (TPSA) is 364 Å². The van der Waals surface area contributed by atoms with Crippen LogP contribution in [0.4, 0.5) is 11.4 Å². The van der Waals surface area contributed by atoms with Gasteiger partial charge in [0.25, 0.3) is 40.5 Å². The molecule has 0 saturated carbocycles. The van der Waals surface area contributed by atoms with E-state index in [1.165, 1.54) is 12.1 Å². The van der Waals surface area contributed by atoms with Crippen LogP contribution in [0.5, 0.6) is 0 Å². The maximum absolute atomic E-state index is 12.8. The van der Waals surface area contributed by atoms with Gasteiger partial charge in [-0.1, -0.05) is 36.4 Å². The molecule has 6 rings (SSSR count). The van der Waals surface area contributed by atoms with Crippen molar-refractivity contribution in [2.24, 2.45) is 0 Å². The molecule has 1 unspecified atom stereocenters. The van der Waals surface area contributed by atoms with E-state index in [0.717, 1.165) is 12.1 Å². The standard InChI is InChI=1S/C54H68N2O22S5/c1-53(2)48(55(22-12-8-11-16-50(57)58)44-19-17-40-42(51(44)53)34-38(80(62,63)64)36-46(40)82(68,69)70)14-9-6-5-7-10-15-49-54(3,21-13-33-79(59,60)61)52-43-35-39(81(65,66)67)37-47(83(71,72)73)41(43)18-20-45(52)56(49)23-24-75-27-28-77-31-32-78-30-29-76-26-25-74-4/h5-7,9-10,14-15,17-20,34-37H,8,11-13,16,21-33H2,1-4H3,(H5-,57,58,59,60,61,62,63,64,65,66,67,68,69,70,71,72,73). The molecule has 0 fully saturated rings. The molecule has 0 aliphatic carbocycles. The minimum Gasteiger partial charge on any atom is -0.744 e. The number of fused-ring (bicyclic) bond motifs is 6. The van der Waals surface area contributed by atoms with Crippen molar-refractivity contribution in [1.29, 1.82) is 0 Å². The number of allylic oxidation sites excluding steroid dienone is 8. The summed E-state index contributed by atoms with van der Waals surface area (Å²) in [6.45, 7) is 8.47. The zero-order valence-electron chi connectivity index (χ0n) is 46.0. The van der Waals surface area contributed by atoms with Crippen LogP contribution in [0.1, 0.15) is 70.4 Å². The molecule has 2 heterocycles. The van der Waals surface area contributed by atoms with Gasteiger partial charge in [0.15, 0.2) is 5.71 Å². The Bertz CT molecular complexity index is 3820. The monoisotopic (exact) mass is 1260 g/mol. The van der Waals surface area contributed by atoms with Crippen molar-refractivity contribution in [3.05, 3.63) is 108 Å². The number of methoxy groups -OCH3 is 1. The van der Waals surface area contributed by atoms with Crippen LogP contribution in [-0.4, -0.2) is 172 Å². The second-order valence-electron chi connectivity index (χ2n) is 20.2. The van der Waals surface area contributed by atoms with Gasteiger partial charge in [-0.15, -0.1) is 0 Å². The zero-order chi connectivity index (χ0) is 61.2. The molecule has 5 N–H and O–H groups in total. The maximum Gasteiger partial charge on any atom is 0.303 e. The summed E-state index contributed by atoms with van der Waals surface area (Å²) in [5.41, 5.74) is 0.554. The average Bonchev–Trinajstić information content (AvgIpc) is 1.95. The zero-order valence-corrected chi connectivity index (χ0v) is 50.1. The molecule has 2 aliphatic heterocycles. The summed E-state index contributed by atoms with van der Waals surface area (Å²) in [5.74, 6) is -1.64. The Balaban J connectivity index is 1.37. The average molecular weight is 1260 g/mol. The summed E-state index contributed by atoms with van der Waals surface area (Å²) in [6, 6.07) is 9.34. The molecule has 4 aromatic carbocycles. The normalized spacial score (nSPS) is 17.4. The van der Waals surface area contributed by atoms with E-state index in [4.69, 9.17) is 23.7 Å². The van der Waals surface area contributed by atoms with Crippen LogP contribution in [0, 0.1) is 0 Å². The second kappa shape index (κ2) is 27.8. The van der Waals surface area contributed by atoms with E-state index >= 15 is 0 Å². The van der Waals surface area contributed by atoms with Gasteiger partial charge in [0.05, 0.1) is 85.3 Å². The number of nitrogens with zero attached hydrogens (tertiary/aromatic N) is 2. The lowest BCUT2D eigenvalue weighted by atomic mass is 9.75. The molecule has 29 heteroatoms. The Hall–Kier alpha value is -5.35. The third kappa shape index (κ3) is 17.0. The van der Waals surface area contributed by atoms with Gasteiger partial charge in [0.1, 0.15) is 21.6 Å². The molecular formula is C54H68N2O22S5. The predicted octanol–water partition coefficient (Wildman–Crippen LogP) is 6.37. The summed E-state index contributed by atoms with van der Waals surface area (Å²) >= 11 is 0. The van der Waals surface area contributed by atoms with Crippen LogP contribution in [0.2, 0.25) is 0 Å². The lowest BCUT2D eigenvalue weighted by Crippen LogP contribution is -2.31. The Morgan fingerprint density at radius 3 is 1.70 bits per heavy atom. The number of benzene rings is 4. The minimum atomic E-state index is -5.26. The third-order valence-corrected chi connectivity index (χ3v) is 18.3. The van der Waals surface area contributed by atoms with Gasteiger partial charge >= 0.3 is 5.97 Å². The first kappa shape index (κ1) is 66.8. The van der Waals surface area contributed by atoms with Gasteiger partial charge < -0.3 is 38.2 Å². The van der Waals surface area contributed by atoms with Crippen molar-refractivity contribution in [3.63, 3.8) is 0 Å². The van der Waals surface area contributed by atoms with Crippen LogP contribution in [0.15, 0.2) is 116 Å². The highest BCUT2D eigenvalue weighted by Gasteiger charge is 2.47. The van der Waals surface area contributed by atoms with Gasteiger partial charge in [-0.25, -0.2) is 8.42 Å².